The fraction of sp³-hybridized carbons (Fsp3) is 0.857. The molecule has 1 aliphatic carbocycles. The Kier molecular flexibility index (Phi) is 9.84. The molecular weight excluding hydrogens is 255 g/mol. The summed E-state index contributed by atoms with van der Waals surface area (Å²) in [6.07, 6.45) is 1.62. The lowest BCUT2D eigenvalue weighted by atomic mass is 8.64. The first kappa shape index (κ1) is 20.4. The van der Waals surface area contributed by atoms with Gasteiger partial charge in [-0.3, -0.25) is 4.79 Å². The summed E-state index contributed by atoms with van der Waals surface area (Å²) >= 11 is 0. The van der Waals surface area contributed by atoms with E-state index in [0.29, 0.717) is 12.8 Å². The minimum atomic E-state index is -0.899. The highest BCUT2D eigenvalue weighted by Crippen LogP contribution is 2.34. The number of esters is 1. The van der Waals surface area contributed by atoms with Crippen LogP contribution in [0.1, 0.15) is 25.7 Å². The first-order valence-electron chi connectivity index (χ1n) is 6.56. The lowest BCUT2D eigenvalue weighted by molar-refractivity contribution is -0.146. The predicted octanol–water partition coefficient (Wildman–Crippen LogP) is -1.64. The number of ether oxygens (including phenoxy) is 1. The van der Waals surface area contributed by atoms with E-state index in [-0.39, 0.29) is 6.39 Å². The van der Waals surface area contributed by atoms with Gasteiger partial charge in [0.25, 0.3) is 0 Å². The van der Waals surface area contributed by atoms with E-state index in [1.165, 1.54) is 14.2 Å². The van der Waals surface area contributed by atoms with Crippen LogP contribution in [0.25, 0.3) is 10.4 Å². The van der Waals surface area contributed by atoms with Crippen molar-refractivity contribution in [2.24, 2.45) is 5.11 Å². The molecule has 93 valence electrons. The topological polar surface area (TPSA) is 75.1 Å². The Morgan fingerprint density at radius 2 is 1.76 bits per heavy atom. The minimum Gasteiger partial charge on any atom is -0.468 e. The molecule has 1 rings (SSSR count). The summed E-state index contributed by atoms with van der Waals surface area (Å²) in [5.41, 5.74) is 7.39. The Balaban J connectivity index is 0.000000400. The molecule has 0 N–H and O–H groups in total. The Bertz CT molecular complexity index is 362. The van der Waals surface area contributed by atoms with Gasteiger partial charge in [0.05, 0.1) is 7.11 Å². The second kappa shape index (κ2) is 10.2. The van der Waals surface area contributed by atoms with Crippen molar-refractivity contribution in [3.63, 3.8) is 0 Å². The lowest BCUT2D eigenvalue weighted by Gasteiger charge is -2.18. The van der Waals surface area contributed by atoms with Gasteiger partial charge in [-0.25, -0.2) is 0 Å². The molecule has 14 heteroatoms. The molecule has 0 aromatic carbocycles. The van der Waals surface area contributed by atoms with Crippen molar-refractivity contribution < 1.29 is 9.53 Å². The molecule has 0 unspecified atom stereocenters. The Labute approximate surface area is 134 Å². The van der Waals surface area contributed by atoms with Crippen LogP contribution in [0, 0.1) is 0 Å². The molecule has 0 atom stereocenters. The molecule has 0 bridgehead atoms. The first-order chi connectivity index (χ1) is 9.84. The summed E-state index contributed by atoms with van der Waals surface area (Å²) in [6.45, 7) is 0. The van der Waals surface area contributed by atoms with Crippen molar-refractivity contribution in [3.05, 3.63) is 10.4 Å². The van der Waals surface area contributed by atoms with E-state index in [1.807, 2.05) is 0 Å². The summed E-state index contributed by atoms with van der Waals surface area (Å²) in [4.78, 5) is 13.9. The molecule has 0 heterocycles. The van der Waals surface area contributed by atoms with E-state index < -0.39 is 24.3 Å². The van der Waals surface area contributed by atoms with E-state index in [9.17, 15) is 4.79 Å². The Hall–Kier alpha value is -0.636. The number of rotatable bonds is 5. The highest BCUT2D eigenvalue weighted by atomic mass is 16.5. The van der Waals surface area contributed by atoms with Crippen LogP contribution in [0.5, 0.6) is 0 Å². The summed E-state index contributed by atoms with van der Waals surface area (Å²) < 4.78 is 4.59. The zero-order valence-electron chi connectivity index (χ0n) is 12.2. The molecule has 0 aliphatic heterocycles. The number of carbonyl (C=O) groups excluding carboxylic acids is 1. The van der Waals surface area contributed by atoms with Gasteiger partial charge in [-0.2, -0.15) is 0 Å². The number of hydrogen-bond acceptors (Lipinski definition) is 3. The van der Waals surface area contributed by atoms with Crippen molar-refractivity contribution in [1.82, 2.24) is 0 Å². The maximum absolute atomic E-state index is 11.2. The van der Waals surface area contributed by atoms with Gasteiger partial charge < -0.3 is 4.74 Å². The van der Waals surface area contributed by atoms with Gasteiger partial charge in [0.15, 0.2) is 0 Å². The number of nitrogens with zero attached hydrogens (tertiary/aromatic N) is 3. The fourth-order valence-corrected chi connectivity index (χ4v) is 2.09. The standard InChI is InChI=1S/C7H11N3O2.B9/c1-12-6(11)7(9-10-8)4-2-3-5-7;1-6-9(7(2)3)8(4)5/h2-5H2,1H3;. The van der Waals surface area contributed by atoms with Crippen LogP contribution in [-0.2, 0) is 9.53 Å². The molecule has 1 aliphatic rings. The number of azide groups is 1. The normalized spacial score (nSPS) is 14.7. The Morgan fingerprint density at radius 3 is 2.00 bits per heavy atom. The van der Waals surface area contributed by atoms with Crippen molar-refractivity contribution in [3.8, 4) is 0 Å². The van der Waals surface area contributed by atoms with Crippen LogP contribution in [0.2, 0.25) is 0 Å². The molecule has 1 saturated carbocycles. The summed E-state index contributed by atoms with van der Waals surface area (Å²) in [5, 5.41) is 3.53. The van der Waals surface area contributed by atoms with Gasteiger partial charge in [-0.05, 0) is 18.4 Å². The second-order valence-electron chi connectivity index (χ2n) is 4.84. The molecular formula is C7H11B9N3O2. The summed E-state index contributed by atoms with van der Waals surface area (Å²) in [6, 6.07) is 0. The van der Waals surface area contributed by atoms with E-state index in [1.54, 1.807) is 0 Å². The largest absolute Gasteiger partial charge is 0.468 e. The molecule has 0 aromatic rings. The maximum atomic E-state index is 11.2. The molecule has 0 saturated heterocycles. The monoisotopic (exact) mass is 268 g/mol. The third-order valence-electron chi connectivity index (χ3n) is 3.34. The van der Waals surface area contributed by atoms with Gasteiger partial charge in [-0.1, -0.05) is 18.0 Å². The van der Waals surface area contributed by atoms with Gasteiger partial charge in [0, 0.05) is 69.8 Å². The van der Waals surface area contributed by atoms with E-state index in [4.69, 9.17) is 44.2 Å². The smallest absolute Gasteiger partial charge is 0.317 e. The molecule has 11 radical (unpaired) electrons. The first-order valence-corrected chi connectivity index (χ1v) is 6.56. The van der Waals surface area contributed by atoms with E-state index in [0.717, 1.165) is 12.8 Å². The molecule has 0 aromatic heterocycles. The number of methoxy groups -OCH3 is 1. The summed E-state index contributed by atoms with van der Waals surface area (Å²) in [5.74, 6) is -0.405. The lowest BCUT2D eigenvalue weighted by Crippen LogP contribution is -2.55. The van der Waals surface area contributed by atoms with Gasteiger partial charge in [-0.15, -0.1) is 0 Å². The maximum Gasteiger partial charge on any atom is 0.317 e. The summed E-state index contributed by atoms with van der Waals surface area (Å²) in [7, 11) is 28.8. The minimum absolute atomic E-state index is 0.315. The molecule has 0 amide bonds. The molecule has 21 heavy (non-hydrogen) atoms. The van der Waals surface area contributed by atoms with Gasteiger partial charge in [0.1, 0.15) is 5.54 Å². The Morgan fingerprint density at radius 1 is 1.29 bits per heavy atom. The van der Waals surface area contributed by atoms with Crippen LogP contribution < -0.4 is 0 Å². The number of hydrogen-bond donors (Lipinski definition) is 0. The third kappa shape index (κ3) is 6.33. The highest BCUT2D eigenvalue weighted by molar-refractivity contribution is 7.93. The zero-order valence-corrected chi connectivity index (χ0v) is 12.2. The second-order valence-corrected chi connectivity index (χ2v) is 4.84. The van der Waals surface area contributed by atoms with Crippen molar-refractivity contribution in [2.75, 3.05) is 7.11 Å². The molecule has 0 spiro atoms. The quantitative estimate of drug-likeness (QED) is 0.197. The SMILES string of the molecule is COC(=O)C1(N=[N+]=[N-])CCCC1.[B][B]B(B([B])[B])B([B])[B]. The van der Waals surface area contributed by atoms with Crippen LogP contribution in [0.3, 0.4) is 0 Å². The highest BCUT2D eigenvalue weighted by Gasteiger charge is 2.41. The van der Waals surface area contributed by atoms with Crippen molar-refractivity contribution >= 4 is 70.9 Å². The molecule has 5 nitrogen and oxygen atoms in total. The molecule has 1 fully saturated rings. The van der Waals surface area contributed by atoms with Crippen molar-refractivity contribution in [2.45, 2.75) is 31.2 Å². The fourth-order valence-electron chi connectivity index (χ4n) is 2.09. The van der Waals surface area contributed by atoms with E-state index >= 15 is 0 Å². The predicted molar refractivity (Wildman–Crippen MR) is 94.1 cm³/mol. The zero-order chi connectivity index (χ0) is 16.5. The van der Waals surface area contributed by atoms with Crippen LogP contribution in [-0.4, -0.2) is 83.5 Å². The van der Waals surface area contributed by atoms with Crippen molar-refractivity contribution in [1.29, 1.82) is 0 Å². The van der Waals surface area contributed by atoms with E-state index in [2.05, 4.69) is 14.8 Å². The number of carbonyl (C=O) groups is 1. The third-order valence-corrected chi connectivity index (χ3v) is 3.34. The average molecular weight is 266 g/mol. The average Bonchev–Trinajstić information content (AvgIpc) is 2.88. The van der Waals surface area contributed by atoms with Crippen LogP contribution in [0.15, 0.2) is 5.11 Å². The van der Waals surface area contributed by atoms with Gasteiger partial charge in [0.2, 0.25) is 0 Å². The van der Waals surface area contributed by atoms with Crippen LogP contribution >= 0.6 is 0 Å². The van der Waals surface area contributed by atoms with Crippen LogP contribution in [0.4, 0.5) is 0 Å². The van der Waals surface area contributed by atoms with Gasteiger partial charge >= 0.3 is 5.97 Å².